The summed E-state index contributed by atoms with van der Waals surface area (Å²) in [5.74, 6) is -2.61. The molecule has 150 valence electrons. The third-order valence-electron chi connectivity index (χ3n) is 4.62. The number of aryl methyl sites for hydroxylation is 1. The molecule has 3 rings (SSSR count). The molecule has 0 saturated carbocycles. The highest BCUT2D eigenvalue weighted by Crippen LogP contribution is 2.26. The van der Waals surface area contributed by atoms with Crippen molar-refractivity contribution in [3.05, 3.63) is 59.4 Å². The Hall–Kier alpha value is -2.54. The first-order valence-corrected chi connectivity index (χ1v) is 9.25. The van der Waals surface area contributed by atoms with Crippen LogP contribution in [-0.4, -0.2) is 31.2 Å². The quantitative estimate of drug-likeness (QED) is 0.826. The molecule has 1 N–H and O–H groups in total. The van der Waals surface area contributed by atoms with Crippen molar-refractivity contribution < 1.29 is 22.7 Å². The summed E-state index contributed by atoms with van der Waals surface area (Å²) in [6.07, 6.45) is 0.359. The van der Waals surface area contributed by atoms with Gasteiger partial charge in [-0.25, -0.2) is 13.2 Å². The Bertz CT molecular complexity index is 850. The first-order chi connectivity index (χ1) is 13.3. The van der Waals surface area contributed by atoms with E-state index in [0.717, 1.165) is 12.1 Å². The van der Waals surface area contributed by atoms with Crippen LogP contribution >= 0.6 is 0 Å². The van der Waals surface area contributed by atoms with Gasteiger partial charge in [0.25, 0.3) is 0 Å². The number of carbonyl (C=O) groups is 1. The van der Waals surface area contributed by atoms with E-state index in [2.05, 4.69) is 5.32 Å². The van der Waals surface area contributed by atoms with E-state index < -0.39 is 17.5 Å². The second-order valence-electron chi connectivity index (χ2n) is 7.13. The van der Waals surface area contributed by atoms with Crippen LogP contribution in [0.3, 0.4) is 0 Å². The molecule has 0 radical (unpaired) electrons. The number of nitrogens with one attached hydrogen (secondary N) is 1. The van der Waals surface area contributed by atoms with E-state index in [0.29, 0.717) is 30.0 Å². The number of rotatable bonds is 5. The molecule has 0 aliphatic carbocycles. The molecule has 2 atom stereocenters. The summed E-state index contributed by atoms with van der Waals surface area (Å²) in [5.41, 5.74) is 1.35. The standard InChI is InChI=1S/C21H23F3N2O2/c1-13-11-26(12-14(2)28-13)20-7-5-16(10-19(20)24)25-21(27)8-4-15-3-6-17(22)18(23)9-15/h3,5-7,9-10,13-14H,4,8,11-12H2,1-2H3,(H,25,27). The van der Waals surface area contributed by atoms with Crippen molar-refractivity contribution >= 4 is 17.3 Å². The molecule has 7 heteroatoms. The number of hydrogen-bond donors (Lipinski definition) is 1. The highest BCUT2D eigenvalue weighted by molar-refractivity contribution is 5.91. The lowest BCUT2D eigenvalue weighted by Gasteiger charge is -2.37. The Morgan fingerprint density at radius 2 is 1.75 bits per heavy atom. The molecule has 2 aromatic rings. The predicted octanol–water partition coefficient (Wildman–Crippen LogP) is 4.29. The van der Waals surface area contributed by atoms with Crippen LogP contribution in [0.25, 0.3) is 0 Å². The molecule has 0 bridgehead atoms. The molecule has 1 heterocycles. The third-order valence-corrected chi connectivity index (χ3v) is 4.62. The highest BCUT2D eigenvalue weighted by Gasteiger charge is 2.24. The molecule has 0 spiro atoms. The second-order valence-corrected chi connectivity index (χ2v) is 7.13. The molecule has 2 unspecified atom stereocenters. The Morgan fingerprint density at radius 1 is 1.04 bits per heavy atom. The molecule has 0 aromatic heterocycles. The van der Waals surface area contributed by atoms with Gasteiger partial charge in [0.05, 0.1) is 17.9 Å². The second kappa shape index (κ2) is 8.65. The SMILES string of the molecule is CC1CN(c2ccc(NC(=O)CCc3ccc(F)c(F)c3)cc2F)CC(C)O1. The Labute approximate surface area is 162 Å². The number of carbonyl (C=O) groups excluding carboxylic acids is 1. The summed E-state index contributed by atoms with van der Waals surface area (Å²) < 4.78 is 46.4. The Kier molecular flexibility index (Phi) is 6.24. The summed E-state index contributed by atoms with van der Waals surface area (Å²) in [7, 11) is 0. The average Bonchev–Trinajstić information content (AvgIpc) is 2.62. The van der Waals surface area contributed by atoms with E-state index >= 15 is 0 Å². The molecule has 1 aliphatic heterocycles. The van der Waals surface area contributed by atoms with Gasteiger partial charge >= 0.3 is 0 Å². The monoisotopic (exact) mass is 392 g/mol. The largest absolute Gasteiger partial charge is 0.372 e. The molecule has 1 saturated heterocycles. The number of anilines is 2. The van der Waals surface area contributed by atoms with E-state index in [1.54, 1.807) is 12.1 Å². The van der Waals surface area contributed by atoms with Crippen LogP contribution in [0.4, 0.5) is 24.5 Å². The summed E-state index contributed by atoms with van der Waals surface area (Å²) in [6.45, 7) is 5.09. The summed E-state index contributed by atoms with van der Waals surface area (Å²) in [6, 6.07) is 8.12. The van der Waals surface area contributed by atoms with Crippen molar-refractivity contribution in [2.24, 2.45) is 0 Å². The van der Waals surface area contributed by atoms with Gasteiger partial charge in [-0.2, -0.15) is 0 Å². The van der Waals surface area contributed by atoms with Gasteiger partial charge in [0.2, 0.25) is 5.91 Å². The highest BCUT2D eigenvalue weighted by atomic mass is 19.2. The molecular formula is C21H23F3N2O2. The van der Waals surface area contributed by atoms with Crippen molar-refractivity contribution in [1.82, 2.24) is 0 Å². The van der Waals surface area contributed by atoms with Crippen molar-refractivity contribution in [3.8, 4) is 0 Å². The van der Waals surface area contributed by atoms with Crippen LogP contribution in [0.5, 0.6) is 0 Å². The van der Waals surface area contributed by atoms with Crippen LogP contribution in [0.15, 0.2) is 36.4 Å². The van der Waals surface area contributed by atoms with Crippen molar-refractivity contribution in [1.29, 1.82) is 0 Å². The molecule has 2 aromatic carbocycles. The maximum Gasteiger partial charge on any atom is 0.224 e. The molecular weight excluding hydrogens is 369 g/mol. The zero-order chi connectivity index (χ0) is 20.3. The summed E-state index contributed by atoms with van der Waals surface area (Å²) in [4.78, 5) is 14.0. The van der Waals surface area contributed by atoms with Gasteiger partial charge in [-0.05, 0) is 56.2 Å². The summed E-state index contributed by atoms with van der Waals surface area (Å²) in [5, 5.41) is 2.64. The lowest BCUT2D eigenvalue weighted by molar-refractivity contribution is -0.116. The van der Waals surface area contributed by atoms with Crippen LogP contribution < -0.4 is 10.2 Å². The minimum atomic E-state index is -0.942. The zero-order valence-corrected chi connectivity index (χ0v) is 15.8. The fraction of sp³-hybridized carbons (Fsp3) is 0.381. The van der Waals surface area contributed by atoms with Crippen LogP contribution in [0.2, 0.25) is 0 Å². The lowest BCUT2D eigenvalue weighted by Crippen LogP contribution is -2.45. The predicted molar refractivity (Wildman–Crippen MR) is 102 cm³/mol. The van der Waals surface area contributed by atoms with Crippen molar-refractivity contribution in [3.63, 3.8) is 0 Å². The maximum absolute atomic E-state index is 14.6. The minimum Gasteiger partial charge on any atom is -0.372 e. The molecule has 4 nitrogen and oxygen atoms in total. The van der Waals surface area contributed by atoms with Crippen molar-refractivity contribution in [2.45, 2.75) is 38.9 Å². The number of hydrogen-bond acceptors (Lipinski definition) is 3. The van der Waals surface area contributed by atoms with Gasteiger partial charge in [0.1, 0.15) is 5.82 Å². The number of halogens is 3. The fourth-order valence-corrected chi connectivity index (χ4v) is 3.39. The molecule has 1 fully saturated rings. The maximum atomic E-state index is 14.6. The third kappa shape index (κ3) is 5.04. The summed E-state index contributed by atoms with van der Waals surface area (Å²) >= 11 is 0. The van der Waals surface area contributed by atoms with Gasteiger partial charge in [-0.3, -0.25) is 4.79 Å². The van der Waals surface area contributed by atoms with Crippen LogP contribution in [-0.2, 0) is 16.0 Å². The number of morpholine rings is 1. The van der Waals surface area contributed by atoms with Gasteiger partial charge in [0.15, 0.2) is 11.6 Å². The normalized spacial score (nSPS) is 19.5. The van der Waals surface area contributed by atoms with E-state index in [-0.39, 0.29) is 31.0 Å². The van der Waals surface area contributed by atoms with Gasteiger partial charge in [-0.15, -0.1) is 0 Å². The van der Waals surface area contributed by atoms with Gasteiger partial charge < -0.3 is 15.0 Å². The molecule has 1 aliphatic rings. The molecule has 1 amide bonds. The fourth-order valence-electron chi connectivity index (χ4n) is 3.39. The van der Waals surface area contributed by atoms with Crippen LogP contribution in [0.1, 0.15) is 25.8 Å². The zero-order valence-electron chi connectivity index (χ0n) is 15.8. The smallest absolute Gasteiger partial charge is 0.224 e. The Morgan fingerprint density at radius 3 is 2.39 bits per heavy atom. The first kappa shape index (κ1) is 20.2. The first-order valence-electron chi connectivity index (χ1n) is 9.25. The number of ether oxygens (including phenoxy) is 1. The number of benzene rings is 2. The van der Waals surface area contributed by atoms with Crippen molar-refractivity contribution in [2.75, 3.05) is 23.3 Å². The average molecular weight is 392 g/mol. The topological polar surface area (TPSA) is 41.6 Å². The minimum absolute atomic E-state index is 0.0128. The van der Waals surface area contributed by atoms with E-state index in [1.165, 1.54) is 12.1 Å². The van der Waals surface area contributed by atoms with Gasteiger partial charge in [-0.1, -0.05) is 6.07 Å². The lowest BCUT2D eigenvalue weighted by atomic mass is 10.1. The van der Waals surface area contributed by atoms with Crippen LogP contribution in [0, 0.1) is 17.5 Å². The Balaban J connectivity index is 1.59. The molecule has 28 heavy (non-hydrogen) atoms. The van der Waals surface area contributed by atoms with E-state index in [1.807, 2.05) is 18.7 Å². The number of amides is 1. The van der Waals surface area contributed by atoms with E-state index in [4.69, 9.17) is 4.74 Å². The number of nitrogens with zero attached hydrogens (tertiary/aromatic N) is 1. The van der Waals surface area contributed by atoms with E-state index in [9.17, 15) is 18.0 Å². The van der Waals surface area contributed by atoms with Gasteiger partial charge in [0, 0.05) is 25.2 Å².